The van der Waals surface area contributed by atoms with Crippen LogP contribution in [0.15, 0.2) is 16.6 Å². The van der Waals surface area contributed by atoms with Gasteiger partial charge in [0.15, 0.2) is 5.75 Å². The molecule has 1 aromatic rings. The second kappa shape index (κ2) is 6.02. The lowest BCUT2D eigenvalue weighted by atomic mass is 9.93. The molecule has 20 heavy (non-hydrogen) atoms. The smallest absolute Gasteiger partial charge is 0.312 e. The van der Waals surface area contributed by atoms with E-state index < -0.39 is 16.3 Å². The zero-order valence-corrected chi connectivity index (χ0v) is 12.2. The first kappa shape index (κ1) is 15.1. The Kier molecular flexibility index (Phi) is 4.56. The molecule has 0 atom stereocenters. The Morgan fingerprint density at radius 1 is 1.50 bits per heavy atom. The summed E-state index contributed by atoms with van der Waals surface area (Å²) in [5.74, 6) is -0.828. The number of rotatable bonds is 4. The molecule has 8 heteroatoms. The second-order valence-electron chi connectivity index (χ2n) is 4.75. The van der Waals surface area contributed by atoms with E-state index >= 15 is 0 Å². The third-order valence-electron chi connectivity index (χ3n) is 3.23. The zero-order valence-electron chi connectivity index (χ0n) is 10.6. The molecule has 0 spiro atoms. The molecule has 0 unspecified atom stereocenters. The molecule has 0 aromatic heterocycles. The van der Waals surface area contributed by atoms with Crippen molar-refractivity contribution in [1.29, 1.82) is 0 Å². The lowest BCUT2D eigenvalue weighted by Crippen LogP contribution is -2.46. The fourth-order valence-electron chi connectivity index (χ4n) is 2.02. The van der Waals surface area contributed by atoms with Crippen LogP contribution in [-0.2, 0) is 0 Å². The molecule has 0 bridgehead atoms. The van der Waals surface area contributed by atoms with Gasteiger partial charge in [0, 0.05) is 12.1 Å². The average Bonchev–Trinajstić information content (AvgIpc) is 2.40. The molecule has 0 amide bonds. The number of nitrogens with zero attached hydrogens (tertiary/aromatic N) is 1. The van der Waals surface area contributed by atoms with Crippen LogP contribution in [0, 0.1) is 15.9 Å². The fraction of sp³-hybridized carbons (Fsp3) is 0.500. The van der Waals surface area contributed by atoms with E-state index in [-0.39, 0.29) is 22.5 Å². The summed E-state index contributed by atoms with van der Waals surface area (Å²) in [6.45, 7) is 1.20. The van der Waals surface area contributed by atoms with Gasteiger partial charge in [-0.2, -0.15) is 0 Å². The minimum atomic E-state index is -1.04. The number of nitro benzene ring substituents is 1. The third kappa shape index (κ3) is 3.44. The highest BCUT2D eigenvalue weighted by Crippen LogP contribution is 2.33. The van der Waals surface area contributed by atoms with Gasteiger partial charge in [-0.05, 0) is 41.9 Å². The van der Waals surface area contributed by atoms with Crippen LogP contribution < -0.4 is 10.1 Å². The Hall–Kier alpha value is -1.25. The summed E-state index contributed by atoms with van der Waals surface area (Å²) >= 11 is 2.89. The molecule has 0 aliphatic carbocycles. The Balaban J connectivity index is 2.16. The molecule has 1 aliphatic heterocycles. The molecule has 2 rings (SSSR count). The number of nitrogens with one attached hydrogen (secondary N) is 1. The van der Waals surface area contributed by atoms with Gasteiger partial charge in [-0.1, -0.05) is 0 Å². The van der Waals surface area contributed by atoms with E-state index in [0.29, 0.717) is 25.9 Å². The summed E-state index contributed by atoms with van der Waals surface area (Å²) in [4.78, 5) is 10.3. The van der Waals surface area contributed by atoms with E-state index in [9.17, 15) is 19.6 Å². The number of nitro groups is 1. The Bertz CT molecular complexity index is 520. The van der Waals surface area contributed by atoms with Crippen molar-refractivity contribution in [3.8, 4) is 5.75 Å². The van der Waals surface area contributed by atoms with Gasteiger partial charge >= 0.3 is 5.69 Å². The van der Waals surface area contributed by atoms with Crippen molar-refractivity contribution in [2.75, 3.05) is 19.7 Å². The maximum atomic E-state index is 13.5. The van der Waals surface area contributed by atoms with Crippen LogP contribution in [0.25, 0.3) is 0 Å². The number of piperidine rings is 1. The maximum Gasteiger partial charge on any atom is 0.312 e. The largest absolute Gasteiger partial charge is 0.484 e. The molecule has 0 saturated carbocycles. The summed E-state index contributed by atoms with van der Waals surface area (Å²) in [6, 6.07) is 2.00. The van der Waals surface area contributed by atoms with Crippen molar-refractivity contribution in [2.45, 2.75) is 18.4 Å². The summed E-state index contributed by atoms with van der Waals surface area (Å²) in [6.07, 6.45) is 0.972. The van der Waals surface area contributed by atoms with E-state index in [4.69, 9.17) is 4.74 Å². The first-order valence-electron chi connectivity index (χ1n) is 6.11. The van der Waals surface area contributed by atoms with E-state index in [1.165, 1.54) is 0 Å². The Labute approximate surface area is 123 Å². The SMILES string of the molecule is O=[N+]([O-])c1cc(Br)c(F)cc1OCC1(O)CCNCC1. The zero-order chi connectivity index (χ0) is 14.8. The number of hydrogen-bond acceptors (Lipinski definition) is 5. The first-order valence-corrected chi connectivity index (χ1v) is 6.90. The predicted octanol–water partition coefficient (Wildman–Crippen LogP) is 1.99. The minimum Gasteiger partial charge on any atom is -0.484 e. The van der Waals surface area contributed by atoms with Crippen LogP contribution in [0.4, 0.5) is 10.1 Å². The number of hydrogen-bond donors (Lipinski definition) is 2. The van der Waals surface area contributed by atoms with Gasteiger partial charge in [0.25, 0.3) is 0 Å². The van der Waals surface area contributed by atoms with Crippen molar-refractivity contribution in [3.05, 3.63) is 32.5 Å². The molecular formula is C12H14BrFN2O4. The van der Waals surface area contributed by atoms with E-state index in [2.05, 4.69) is 21.2 Å². The highest BCUT2D eigenvalue weighted by Gasteiger charge is 2.31. The van der Waals surface area contributed by atoms with Gasteiger partial charge < -0.3 is 15.2 Å². The van der Waals surface area contributed by atoms with Crippen molar-refractivity contribution >= 4 is 21.6 Å². The molecule has 110 valence electrons. The highest BCUT2D eigenvalue weighted by atomic mass is 79.9. The summed E-state index contributed by atoms with van der Waals surface area (Å²) in [5.41, 5.74) is -1.38. The molecule has 2 N–H and O–H groups in total. The average molecular weight is 349 g/mol. The van der Waals surface area contributed by atoms with E-state index in [0.717, 1.165) is 12.1 Å². The minimum absolute atomic E-state index is 0.00266. The van der Waals surface area contributed by atoms with Crippen molar-refractivity contribution in [2.24, 2.45) is 0 Å². The molecule has 6 nitrogen and oxygen atoms in total. The number of aliphatic hydroxyl groups is 1. The van der Waals surface area contributed by atoms with Crippen LogP contribution in [0.2, 0.25) is 0 Å². The van der Waals surface area contributed by atoms with Gasteiger partial charge in [-0.3, -0.25) is 10.1 Å². The van der Waals surface area contributed by atoms with Crippen LogP contribution >= 0.6 is 15.9 Å². The lowest BCUT2D eigenvalue weighted by molar-refractivity contribution is -0.386. The fourth-order valence-corrected chi connectivity index (χ4v) is 2.36. The van der Waals surface area contributed by atoms with Crippen LogP contribution in [0.1, 0.15) is 12.8 Å². The third-order valence-corrected chi connectivity index (χ3v) is 3.84. The number of halogens is 2. The van der Waals surface area contributed by atoms with Gasteiger partial charge in [-0.15, -0.1) is 0 Å². The predicted molar refractivity (Wildman–Crippen MR) is 73.3 cm³/mol. The Morgan fingerprint density at radius 3 is 2.75 bits per heavy atom. The van der Waals surface area contributed by atoms with Crippen molar-refractivity contribution < 1.29 is 19.2 Å². The van der Waals surface area contributed by atoms with Crippen molar-refractivity contribution in [3.63, 3.8) is 0 Å². The van der Waals surface area contributed by atoms with Crippen LogP contribution in [0.5, 0.6) is 5.75 Å². The lowest BCUT2D eigenvalue weighted by Gasteiger charge is -2.32. The second-order valence-corrected chi connectivity index (χ2v) is 5.61. The summed E-state index contributed by atoms with van der Waals surface area (Å²) in [5, 5.41) is 24.3. The number of ether oxygens (including phenoxy) is 1. The summed E-state index contributed by atoms with van der Waals surface area (Å²) in [7, 11) is 0. The molecule has 1 fully saturated rings. The molecule has 1 heterocycles. The molecule has 1 saturated heterocycles. The van der Waals surface area contributed by atoms with Gasteiger partial charge in [0.05, 0.1) is 9.40 Å². The van der Waals surface area contributed by atoms with Gasteiger partial charge in [0.1, 0.15) is 18.0 Å². The molecule has 1 aromatic carbocycles. The normalized spacial score (nSPS) is 17.8. The molecule has 0 radical (unpaired) electrons. The monoisotopic (exact) mass is 348 g/mol. The van der Waals surface area contributed by atoms with Crippen LogP contribution in [-0.4, -0.2) is 35.3 Å². The van der Waals surface area contributed by atoms with Crippen LogP contribution in [0.3, 0.4) is 0 Å². The molecular weight excluding hydrogens is 335 g/mol. The maximum absolute atomic E-state index is 13.5. The highest BCUT2D eigenvalue weighted by molar-refractivity contribution is 9.10. The standard InChI is InChI=1S/C12H14BrFN2O4/c13-8-5-10(16(18)19)11(6-9(8)14)20-7-12(17)1-3-15-4-2-12/h5-6,15,17H,1-4,7H2. The molecule has 1 aliphatic rings. The summed E-state index contributed by atoms with van der Waals surface area (Å²) < 4.78 is 18.8. The Morgan fingerprint density at radius 2 is 2.15 bits per heavy atom. The first-order chi connectivity index (χ1) is 9.41. The number of benzene rings is 1. The van der Waals surface area contributed by atoms with Gasteiger partial charge in [-0.25, -0.2) is 4.39 Å². The van der Waals surface area contributed by atoms with E-state index in [1.54, 1.807) is 0 Å². The van der Waals surface area contributed by atoms with E-state index in [1.807, 2.05) is 0 Å². The van der Waals surface area contributed by atoms with Gasteiger partial charge in [0.2, 0.25) is 0 Å². The topological polar surface area (TPSA) is 84.6 Å². The van der Waals surface area contributed by atoms with Crippen molar-refractivity contribution in [1.82, 2.24) is 5.32 Å². The quantitative estimate of drug-likeness (QED) is 0.642.